The van der Waals surface area contributed by atoms with Crippen LogP contribution in [-0.4, -0.2) is 56.6 Å². The van der Waals surface area contributed by atoms with Crippen LogP contribution in [0.3, 0.4) is 0 Å². The van der Waals surface area contributed by atoms with Crippen molar-refractivity contribution in [2.45, 2.75) is 39.0 Å². The smallest absolute Gasteiger partial charge is 0.259 e. The van der Waals surface area contributed by atoms with Crippen LogP contribution in [0.15, 0.2) is 85.2 Å². The maximum absolute atomic E-state index is 13.6. The van der Waals surface area contributed by atoms with Crippen LogP contribution in [0, 0.1) is 6.92 Å². The topological polar surface area (TPSA) is 145 Å². The average molecular weight is 727 g/mol. The maximum Gasteiger partial charge on any atom is 0.259 e. The number of nitrogens with one attached hydrogen (secondary N) is 2. The lowest BCUT2D eigenvalue weighted by Gasteiger charge is -2.22. The van der Waals surface area contributed by atoms with E-state index in [9.17, 15) is 14.4 Å². The van der Waals surface area contributed by atoms with Crippen molar-refractivity contribution in [1.82, 2.24) is 4.98 Å². The van der Waals surface area contributed by atoms with Gasteiger partial charge in [0.1, 0.15) is 17.2 Å². The lowest BCUT2D eigenvalue weighted by molar-refractivity contribution is -0.116. The van der Waals surface area contributed by atoms with Crippen molar-refractivity contribution in [3.63, 3.8) is 0 Å². The first kappa shape index (κ1) is 41.3. The molecule has 13 heteroatoms. The number of para-hydroxylation sites is 1. The van der Waals surface area contributed by atoms with E-state index in [1.54, 1.807) is 74.0 Å². The summed E-state index contributed by atoms with van der Waals surface area (Å²) in [6.45, 7) is 3.29. The standard InChI is InChI=1S/C37H43N5O6.2ClH/c1-26-13-16-31(34(24-26)48-22-8-4-5-12-35(43)40-28-17-20-39-21-18-28)42(2)37(45)27-14-15-30(33(25-27)46-3)41-36(44)29-10-6-7-11-32(29)47-23-9-19-38;;/h6-7,10-11,13-18,20-21,24-25H,4-5,8-9,12,19,22-23,38H2,1-3H3,(H,41,44)(H,39,40,43);2*1H. The van der Waals surface area contributed by atoms with E-state index in [-0.39, 0.29) is 42.5 Å². The van der Waals surface area contributed by atoms with Gasteiger partial charge in [-0.1, -0.05) is 18.2 Å². The van der Waals surface area contributed by atoms with Gasteiger partial charge in [-0.2, -0.15) is 0 Å². The number of anilines is 3. The number of nitrogens with two attached hydrogens (primary N) is 1. The Balaban J connectivity index is 0.00000433. The third kappa shape index (κ3) is 11.9. The van der Waals surface area contributed by atoms with Gasteiger partial charge in [-0.15, -0.1) is 24.8 Å². The first-order valence-corrected chi connectivity index (χ1v) is 15.9. The molecule has 0 radical (unpaired) electrons. The number of halogens is 2. The molecule has 0 aliphatic heterocycles. The van der Waals surface area contributed by atoms with Gasteiger partial charge in [0.05, 0.1) is 37.3 Å². The van der Waals surface area contributed by atoms with Crippen molar-refractivity contribution in [2.75, 3.05) is 49.4 Å². The van der Waals surface area contributed by atoms with E-state index >= 15 is 0 Å². The second kappa shape index (κ2) is 21.3. The van der Waals surface area contributed by atoms with Crippen LogP contribution in [0.25, 0.3) is 0 Å². The molecule has 0 atom stereocenters. The molecule has 268 valence electrons. The minimum Gasteiger partial charge on any atom is -0.495 e. The second-order valence-electron chi connectivity index (χ2n) is 11.1. The van der Waals surface area contributed by atoms with Crippen LogP contribution in [0.5, 0.6) is 17.2 Å². The van der Waals surface area contributed by atoms with Crippen molar-refractivity contribution in [2.24, 2.45) is 5.73 Å². The predicted molar refractivity (Wildman–Crippen MR) is 202 cm³/mol. The Kier molecular flexibility index (Phi) is 17.6. The van der Waals surface area contributed by atoms with E-state index in [4.69, 9.17) is 19.9 Å². The summed E-state index contributed by atoms with van der Waals surface area (Å²) < 4.78 is 17.4. The van der Waals surface area contributed by atoms with Crippen LogP contribution in [-0.2, 0) is 4.79 Å². The molecule has 0 aliphatic carbocycles. The van der Waals surface area contributed by atoms with E-state index in [1.165, 1.54) is 12.0 Å². The van der Waals surface area contributed by atoms with Crippen LogP contribution >= 0.6 is 24.8 Å². The molecule has 1 aromatic heterocycles. The molecule has 11 nitrogen and oxygen atoms in total. The number of unbranched alkanes of at least 4 members (excludes halogenated alkanes) is 2. The number of benzene rings is 3. The highest BCUT2D eigenvalue weighted by Crippen LogP contribution is 2.32. The van der Waals surface area contributed by atoms with Crippen molar-refractivity contribution in [3.8, 4) is 17.2 Å². The van der Waals surface area contributed by atoms with E-state index in [1.807, 2.05) is 25.1 Å². The summed E-state index contributed by atoms with van der Waals surface area (Å²) in [5.41, 5.74) is 9.05. The van der Waals surface area contributed by atoms with Gasteiger partial charge in [0.25, 0.3) is 11.8 Å². The third-order valence-electron chi connectivity index (χ3n) is 7.49. The molecule has 0 aliphatic rings. The number of rotatable bonds is 17. The number of carbonyl (C=O) groups excluding carboxylic acids is 3. The van der Waals surface area contributed by atoms with Gasteiger partial charge in [-0.05, 0) is 99.3 Å². The minimum atomic E-state index is -0.373. The van der Waals surface area contributed by atoms with E-state index < -0.39 is 0 Å². The zero-order valence-electron chi connectivity index (χ0n) is 28.5. The molecule has 3 amide bonds. The first-order valence-electron chi connectivity index (χ1n) is 15.9. The number of hydrogen-bond acceptors (Lipinski definition) is 8. The van der Waals surface area contributed by atoms with Crippen LogP contribution < -0.4 is 35.5 Å². The van der Waals surface area contributed by atoms with Crippen molar-refractivity contribution in [3.05, 3.63) is 102 Å². The summed E-state index contributed by atoms with van der Waals surface area (Å²) >= 11 is 0. The number of hydrogen-bond donors (Lipinski definition) is 3. The quantitative estimate of drug-likeness (QED) is 0.0980. The highest BCUT2D eigenvalue weighted by molar-refractivity contribution is 6.09. The van der Waals surface area contributed by atoms with Gasteiger partial charge in [0.2, 0.25) is 5.91 Å². The maximum atomic E-state index is 13.6. The molecule has 0 saturated heterocycles. The number of carbonyl (C=O) groups is 3. The molecule has 0 spiro atoms. The highest BCUT2D eigenvalue weighted by atomic mass is 35.5. The van der Waals surface area contributed by atoms with Crippen LogP contribution in [0.4, 0.5) is 17.1 Å². The van der Waals surface area contributed by atoms with Crippen molar-refractivity contribution < 1.29 is 28.6 Å². The molecule has 3 aromatic carbocycles. The molecular weight excluding hydrogens is 681 g/mol. The predicted octanol–water partition coefficient (Wildman–Crippen LogP) is 7.08. The Morgan fingerprint density at radius 1 is 0.800 bits per heavy atom. The summed E-state index contributed by atoms with van der Waals surface area (Å²) in [5, 5.41) is 5.73. The van der Waals surface area contributed by atoms with Crippen molar-refractivity contribution >= 4 is 59.6 Å². The van der Waals surface area contributed by atoms with Gasteiger partial charge < -0.3 is 35.5 Å². The van der Waals surface area contributed by atoms with E-state index in [2.05, 4.69) is 15.6 Å². The third-order valence-corrected chi connectivity index (χ3v) is 7.49. The lowest BCUT2D eigenvalue weighted by atomic mass is 10.1. The Bertz CT molecular complexity index is 1690. The fourth-order valence-corrected chi connectivity index (χ4v) is 4.89. The SMILES string of the molecule is COc1cc(C(=O)N(C)c2ccc(C)cc2OCCCCCC(=O)Nc2ccncc2)ccc1NC(=O)c1ccccc1OCCCN.Cl.Cl. The van der Waals surface area contributed by atoms with Crippen LogP contribution in [0.2, 0.25) is 0 Å². The molecule has 0 unspecified atom stereocenters. The molecule has 0 saturated carbocycles. The lowest BCUT2D eigenvalue weighted by Crippen LogP contribution is -2.27. The number of nitrogens with zero attached hydrogens (tertiary/aromatic N) is 2. The van der Waals surface area contributed by atoms with Gasteiger partial charge in [-0.25, -0.2) is 0 Å². The summed E-state index contributed by atoms with van der Waals surface area (Å²) in [4.78, 5) is 44.5. The normalized spacial score (nSPS) is 10.2. The molecule has 4 aromatic rings. The summed E-state index contributed by atoms with van der Waals surface area (Å²) in [5.74, 6) is 0.685. The number of methoxy groups -OCH3 is 1. The monoisotopic (exact) mass is 725 g/mol. The highest BCUT2D eigenvalue weighted by Gasteiger charge is 2.21. The minimum absolute atomic E-state index is 0. The fourth-order valence-electron chi connectivity index (χ4n) is 4.89. The Hall–Kier alpha value is -4.84. The summed E-state index contributed by atoms with van der Waals surface area (Å²) in [6.07, 6.45) is 6.65. The number of aryl methyl sites for hydroxylation is 1. The molecule has 4 rings (SSSR count). The van der Waals surface area contributed by atoms with Gasteiger partial charge in [-0.3, -0.25) is 19.4 Å². The Morgan fingerprint density at radius 3 is 2.26 bits per heavy atom. The molecule has 0 fully saturated rings. The van der Waals surface area contributed by atoms with Gasteiger partial charge >= 0.3 is 0 Å². The van der Waals surface area contributed by atoms with E-state index in [0.717, 1.165) is 30.5 Å². The Morgan fingerprint density at radius 2 is 1.52 bits per heavy atom. The molecule has 0 bridgehead atoms. The van der Waals surface area contributed by atoms with E-state index in [0.29, 0.717) is 72.4 Å². The van der Waals surface area contributed by atoms with Crippen LogP contribution in [0.1, 0.15) is 58.4 Å². The molecule has 1 heterocycles. The molecule has 50 heavy (non-hydrogen) atoms. The zero-order chi connectivity index (χ0) is 34.3. The Labute approximate surface area is 305 Å². The van der Waals surface area contributed by atoms with Gasteiger partial charge in [0, 0.05) is 37.1 Å². The largest absolute Gasteiger partial charge is 0.495 e. The molecule has 4 N–H and O–H groups in total. The molecular formula is C37H45Cl2N5O6. The second-order valence-corrected chi connectivity index (χ2v) is 11.1. The number of ether oxygens (including phenoxy) is 3. The summed E-state index contributed by atoms with van der Waals surface area (Å²) in [7, 11) is 3.16. The summed E-state index contributed by atoms with van der Waals surface area (Å²) in [6, 6.07) is 21.0. The average Bonchev–Trinajstić information content (AvgIpc) is 3.10. The van der Waals surface area contributed by atoms with Crippen molar-refractivity contribution in [1.29, 1.82) is 0 Å². The fraction of sp³-hybridized carbons (Fsp3) is 0.297. The number of pyridine rings is 1. The number of aromatic nitrogens is 1. The number of amides is 3. The van der Waals surface area contributed by atoms with Gasteiger partial charge in [0.15, 0.2) is 0 Å². The first-order chi connectivity index (χ1) is 23.3. The zero-order valence-corrected chi connectivity index (χ0v) is 30.1.